The highest BCUT2D eigenvalue weighted by atomic mass is 32.2. The lowest BCUT2D eigenvalue weighted by Crippen LogP contribution is -2.03. The Hall–Kier alpha value is 0.340. The van der Waals surface area contributed by atoms with Gasteiger partial charge in [0.05, 0.1) is 16.3 Å². The molecule has 3 nitrogen and oxygen atoms in total. The van der Waals surface area contributed by atoms with E-state index in [4.69, 9.17) is 0 Å². The van der Waals surface area contributed by atoms with E-state index in [9.17, 15) is 13.0 Å². The average molecular weight is 156 g/mol. The minimum absolute atomic E-state index is 0.212. The summed E-state index contributed by atoms with van der Waals surface area (Å²) in [5.41, 5.74) is 0. The van der Waals surface area contributed by atoms with Gasteiger partial charge in [0.25, 0.3) is 0 Å². The number of rotatable bonds is 3. The third kappa shape index (κ3) is 6.34. The van der Waals surface area contributed by atoms with Crippen molar-refractivity contribution in [3.8, 4) is 0 Å². The van der Waals surface area contributed by atoms with E-state index < -0.39 is 10.1 Å². The van der Waals surface area contributed by atoms with Crippen LogP contribution in [-0.2, 0) is 10.1 Å². The molecular weight excluding hydrogens is 147 g/mol. The molecule has 1 unspecified atom stereocenters. The van der Waals surface area contributed by atoms with Crippen molar-refractivity contribution in [2.75, 3.05) is 11.9 Å². The van der Waals surface area contributed by atoms with E-state index in [1.165, 1.54) is 0 Å². The molecule has 0 heterocycles. The molecule has 1 atom stereocenters. The van der Waals surface area contributed by atoms with E-state index in [-0.39, 0.29) is 5.75 Å². The molecule has 0 aliphatic heterocycles. The quantitative estimate of drug-likeness (QED) is 0.410. The Morgan fingerprint density at radius 1 is 1.50 bits per heavy atom. The highest BCUT2D eigenvalue weighted by Gasteiger charge is 1.92. The van der Waals surface area contributed by atoms with Crippen molar-refractivity contribution in [3.05, 3.63) is 0 Å². The van der Waals surface area contributed by atoms with E-state index in [0.717, 1.165) is 6.16 Å². The molecule has 0 aliphatic carbocycles. The fraction of sp³-hybridized carbons (Fsp3) is 1.00. The summed E-state index contributed by atoms with van der Waals surface area (Å²) in [5, 5.41) is 0. The van der Waals surface area contributed by atoms with Crippen LogP contribution in [0.15, 0.2) is 0 Å². The lowest BCUT2D eigenvalue weighted by atomic mass is 10.6. The summed E-state index contributed by atoms with van der Waals surface area (Å²) in [6.07, 6.45) is 1.27. The van der Waals surface area contributed by atoms with Crippen molar-refractivity contribution in [2.24, 2.45) is 0 Å². The second-order valence-electron chi connectivity index (χ2n) is 1.47. The molecule has 0 spiro atoms. The van der Waals surface area contributed by atoms with Gasteiger partial charge in [-0.15, -0.1) is 0 Å². The Kier molecular flexibility index (Phi) is 3.53. The maximum Gasteiger partial charge on any atom is 0.0947 e. The second-order valence-corrected chi connectivity index (χ2v) is 3.70. The maximum atomic E-state index is 9.84. The van der Waals surface area contributed by atoms with Crippen molar-refractivity contribution < 1.29 is 13.0 Å². The maximum absolute atomic E-state index is 9.84. The first-order valence-corrected chi connectivity index (χ1v) is 4.87. The molecule has 8 heavy (non-hydrogen) atoms. The van der Waals surface area contributed by atoms with Crippen LogP contribution in [0.25, 0.3) is 0 Å². The first-order chi connectivity index (χ1) is 3.56. The zero-order chi connectivity index (χ0) is 6.62. The molecule has 50 valence electrons. The molecule has 0 aliphatic rings. The summed E-state index contributed by atoms with van der Waals surface area (Å²) in [7, 11) is -2.27. The van der Waals surface area contributed by atoms with Gasteiger partial charge < -0.3 is 4.55 Å². The van der Waals surface area contributed by atoms with Crippen LogP contribution in [0.5, 0.6) is 0 Å². The van der Waals surface area contributed by atoms with E-state index in [1.54, 1.807) is 9.24 Å². The van der Waals surface area contributed by atoms with Crippen molar-refractivity contribution in [1.29, 1.82) is 0 Å². The molecule has 0 aromatic rings. The highest BCUT2D eigenvalue weighted by molar-refractivity contribution is 7.85. The van der Waals surface area contributed by atoms with Crippen LogP contribution in [0.4, 0.5) is 0 Å². The zero-order valence-corrected chi connectivity index (χ0v) is 6.69. The fourth-order valence-corrected chi connectivity index (χ4v) is 1.45. The topological polar surface area (TPSA) is 57.2 Å². The standard InChI is InChI=1S/C3H9O3PS/c4-8(5,6)3-1-2-7/h1-3,7H2,(H,4,5,6). The zero-order valence-electron chi connectivity index (χ0n) is 4.46. The summed E-state index contributed by atoms with van der Waals surface area (Å²) in [4.78, 5) is 0. The molecule has 0 N–H and O–H groups in total. The molecule has 0 aromatic carbocycles. The van der Waals surface area contributed by atoms with Crippen LogP contribution in [0.1, 0.15) is 6.42 Å². The van der Waals surface area contributed by atoms with E-state index in [2.05, 4.69) is 0 Å². The Morgan fingerprint density at radius 2 is 2.00 bits per heavy atom. The number of hydrogen-bond acceptors (Lipinski definition) is 3. The van der Waals surface area contributed by atoms with Gasteiger partial charge in [-0.3, -0.25) is 0 Å². The van der Waals surface area contributed by atoms with Gasteiger partial charge in [0.1, 0.15) is 0 Å². The second kappa shape index (κ2) is 3.38. The molecule has 0 saturated carbocycles. The van der Waals surface area contributed by atoms with Gasteiger partial charge in [0.15, 0.2) is 0 Å². The van der Waals surface area contributed by atoms with E-state index >= 15 is 0 Å². The first kappa shape index (κ1) is 8.34. The smallest absolute Gasteiger partial charge is 0.0947 e. The van der Waals surface area contributed by atoms with Gasteiger partial charge in [-0.25, -0.2) is 8.42 Å². The Morgan fingerprint density at radius 3 is 2.12 bits per heavy atom. The molecule has 0 rings (SSSR count). The summed E-state index contributed by atoms with van der Waals surface area (Å²) in [6.45, 7) is 0. The van der Waals surface area contributed by atoms with Gasteiger partial charge >= 0.3 is 0 Å². The predicted octanol–water partition coefficient (Wildman–Crippen LogP) is -0.471. The van der Waals surface area contributed by atoms with Gasteiger partial charge in [-0.1, -0.05) is 0 Å². The molecule has 5 heteroatoms. The normalized spacial score (nSPS) is 12.1. The molecule has 0 fully saturated rings. The van der Waals surface area contributed by atoms with Crippen LogP contribution >= 0.6 is 9.24 Å². The lowest BCUT2D eigenvalue weighted by molar-refractivity contribution is 0.462. The van der Waals surface area contributed by atoms with Gasteiger partial charge in [0.2, 0.25) is 0 Å². The predicted molar refractivity (Wildman–Crippen MR) is 35.2 cm³/mol. The third-order valence-electron chi connectivity index (χ3n) is 0.644. The Balaban J connectivity index is 3.42. The molecule has 0 aromatic heterocycles. The van der Waals surface area contributed by atoms with Crippen molar-refractivity contribution in [1.82, 2.24) is 0 Å². The summed E-state index contributed by atoms with van der Waals surface area (Å²) < 4.78 is 29.5. The Labute approximate surface area is 51.4 Å². The van der Waals surface area contributed by atoms with Crippen molar-refractivity contribution in [3.63, 3.8) is 0 Å². The lowest BCUT2D eigenvalue weighted by Gasteiger charge is -2.01. The summed E-state index contributed by atoms with van der Waals surface area (Å²) in [6, 6.07) is 0. The minimum Gasteiger partial charge on any atom is -0.748 e. The first-order valence-electron chi connectivity index (χ1n) is 2.29. The highest BCUT2D eigenvalue weighted by Crippen LogP contribution is 1.91. The van der Waals surface area contributed by atoms with Crippen LogP contribution in [0.2, 0.25) is 0 Å². The fourth-order valence-electron chi connectivity index (χ4n) is 0.279. The Bertz CT molecular complexity index is 139. The molecular formula is C3H9O3PS. The third-order valence-corrected chi connectivity index (χ3v) is 1.93. The van der Waals surface area contributed by atoms with Gasteiger partial charge in [-0.05, 0) is 15.7 Å². The SMILES string of the molecule is O=S(=O)([O-])CCC[PH3+]. The van der Waals surface area contributed by atoms with Crippen molar-refractivity contribution in [2.45, 2.75) is 6.42 Å². The van der Waals surface area contributed by atoms with Crippen LogP contribution in [0, 0.1) is 0 Å². The van der Waals surface area contributed by atoms with Gasteiger partial charge in [0, 0.05) is 5.75 Å². The molecule has 0 amide bonds. The van der Waals surface area contributed by atoms with Crippen LogP contribution in [0.3, 0.4) is 0 Å². The van der Waals surface area contributed by atoms with Gasteiger partial charge in [-0.2, -0.15) is 0 Å². The average Bonchev–Trinajstić information content (AvgIpc) is 1.59. The molecule has 0 saturated heterocycles. The summed E-state index contributed by atoms with van der Waals surface area (Å²) in [5.74, 6) is -0.212. The largest absolute Gasteiger partial charge is 0.748 e. The van der Waals surface area contributed by atoms with Crippen molar-refractivity contribution >= 4 is 19.4 Å². The minimum atomic E-state index is -3.93. The monoisotopic (exact) mass is 156 g/mol. The number of hydrogen-bond donors (Lipinski definition) is 0. The van der Waals surface area contributed by atoms with Crippen LogP contribution < -0.4 is 0 Å². The molecule has 0 bridgehead atoms. The summed E-state index contributed by atoms with van der Waals surface area (Å²) >= 11 is 0. The molecule has 0 radical (unpaired) electrons. The van der Waals surface area contributed by atoms with E-state index in [0.29, 0.717) is 6.42 Å². The van der Waals surface area contributed by atoms with Crippen LogP contribution in [-0.4, -0.2) is 24.9 Å². The van der Waals surface area contributed by atoms with E-state index in [1.807, 2.05) is 0 Å².